The van der Waals surface area contributed by atoms with Crippen molar-refractivity contribution in [3.63, 3.8) is 0 Å². The van der Waals surface area contributed by atoms with Crippen LogP contribution in [0.2, 0.25) is 0 Å². The van der Waals surface area contributed by atoms with Crippen LogP contribution in [0.4, 0.5) is 5.82 Å². The van der Waals surface area contributed by atoms with Crippen LogP contribution in [0.1, 0.15) is 37.8 Å². The molecule has 0 radical (unpaired) electrons. The summed E-state index contributed by atoms with van der Waals surface area (Å²) >= 11 is 0. The van der Waals surface area contributed by atoms with Crippen LogP contribution in [0, 0.1) is 5.92 Å². The van der Waals surface area contributed by atoms with E-state index in [0.717, 1.165) is 36.5 Å². The highest BCUT2D eigenvalue weighted by molar-refractivity contribution is 5.89. The molecule has 2 aromatic rings. The fourth-order valence-corrected chi connectivity index (χ4v) is 4.35. The van der Waals surface area contributed by atoms with Crippen LogP contribution in [0.25, 0.3) is 11.4 Å². The molecule has 30 heavy (non-hydrogen) atoms. The van der Waals surface area contributed by atoms with Crippen LogP contribution in [-0.2, 0) is 9.59 Å². The maximum Gasteiger partial charge on any atom is 0.228 e. The fourth-order valence-electron chi connectivity index (χ4n) is 4.35. The number of likely N-dealkylation sites (tertiary alicyclic amines) is 2. The predicted octanol–water partition coefficient (Wildman–Crippen LogP) is 2.15. The summed E-state index contributed by atoms with van der Waals surface area (Å²) in [7, 11) is 1.84. The highest BCUT2D eigenvalue weighted by Crippen LogP contribution is 2.30. The van der Waals surface area contributed by atoms with Crippen molar-refractivity contribution in [3.05, 3.63) is 36.3 Å². The molecule has 2 aliphatic heterocycles. The topological polar surface area (TPSA) is 91.3 Å². The van der Waals surface area contributed by atoms with E-state index in [1.54, 1.807) is 17.3 Å². The van der Waals surface area contributed by atoms with E-state index in [0.29, 0.717) is 31.9 Å². The Kier molecular flexibility index (Phi) is 5.92. The molecule has 0 spiro atoms. The first-order valence-electron chi connectivity index (χ1n) is 10.6. The van der Waals surface area contributed by atoms with E-state index in [2.05, 4.69) is 15.3 Å². The molecule has 0 aromatic carbocycles. The standard InChI is InChI=1S/C22H28N6O2/c1-3-27-14-17(11-20(27)29)22(30)28-10-4-5-16(13-28)18-12-19(23-2)26-21(25-18)15-6-8-24-9-7-15/h6-9,12,16-17H,3-5,10-11,13-14H2,1-2H3,(H,23,25,26)/t16-,17+/m1/s1. The number of aromatic nitrogens is 3. The Morgan fingerprint density at radius 3 is 2.73 bits per heavy atom. The monoisotopic (exact) mass is 408 g/mol. The van der Waals surface area contributed by atoms with Gasteiger partial charge in [0.25, 0.3) is 0 Å². The summed E-state index contributed by atoms with van der Waals surface area (Å²) in [4.78, 5) is 42.3. The van der Waals surface area contributed by atoms with Gasteiger partial charge in [0.2, 0.25) is 11.8 Å². The second-order valence-electron chi connectivity index (χ2n) is 7.94. The molecule has 4 rings (SSSR count). The second-order valence-corrected chi connectivity index (χ2v) is 7.94. The highest BCUT2D eigenvalue weighted by Gasteiger charge is 2.37. The Labute approximate surface area is 176 Å². The van der Waals surface area contributed by atoms with E-state index in [4.69, 9.17) is 4.98 Å². The summed E-state index contributed by atoms with van der Waals surface area (Å²) in [5.41, 5.74) is 1.85. The molecular weight excluding hydrogens is 380 g/mol. The number of anilines is 1. The Bertz CT molecular complexity index is 919. The first-order valence-corrected chi connectivity index (χ1v) is 10.6. The first-order chi connectivity index (χ1) is 14.6. The molecule has 2 saturated heterocycles. The van der Waals surface area contributed by atoms with Crippen LogP contribution < -0.4 is 5.32 Å². The van der Waals surface area contributed by atoms with E-state index < -0.39 is 0 Å². The average Bonchev–Trinajstić information content (AvgIpc) is 3.19. The molecule has 2 aromatic heterocycles. The minimum Gasteiger partial charge on any atom is -0.373 e. The van der Waals surface area contributed by atoms with Crippen LogP contribution >= 0.6 is 0 Å². The van der Waals surface area contributed by atoms with Gasteiger partial charge in [-0.25, -0.2) is 9.97 Å². The minimum absolute atomic E-state index is 0.0841. The molecule has 2 atom stereocenters. The van der Waals surface area contributed by atoms with Gasteiger partial charge in [0.1, 0.15) is 5.82 Å². The summed E-state index contributed by atoms with van der Waals surface area (Å²) in [5, 5.41) is 3.12. The lowest BCUT2D eigenvalue weighted by molar-refractivity contribution is -0.137. The summed E-state index contributed by atoms with van der Waals surface area (Å²) < 4.78 is 0. The molecule has 0 saturated carbocycles. The molecular formula is C22H28N6O2. The normalized spacial score (nSPS) is 21.7. The number of carbonyl (C=O) groups excluding carboxylic acids is 2. The zero-order valence-electron chi connectivity index (χ0n) is 17.5. The lowest BCUT2D eigenvalue weighted by Gasteiger charge is -2.34. The number of hydrogen-bond donors (Lipinski definition) is 1. The van der Waals surface area contributed by atoms with E-state index in [1.165, 1.54) is 0 Å². The van der Waals surface area contributed by atoms with Crippen LogP contribution in [-0.4, -0.2) is 69.8 Å². The number of hydrogen-bond acceptors (Lipinski definition) is 6. The summed E-state index contributed by atoms with van der Waals surface area (Å²) in [5.74, 6) is 1.53. The molecule has 8 heteroatoms. The molecule has 0 aliphatic carbocycles. The minimum atomic E-state index is -0.221. The van der Waals surface area contributed by atoms with Gasteiger partial charge >= 0.3 is 0 Å². The zero-order valence-corrected chi connectivity index (χ0v) is 17.5. The van der Waals surface area contributed by atoms with Gasteiger partial charge in [0, 0.05) is 69.6 Å². The molecule has 0 unspecified atom stereocenters. The second kappa shape index (κ2) is 8.77. The van der Waals surface area contributed by atoms with Gasteiger partial charge in [-0.15, -0.1) is 0 Å². The molecule has 8 nitrogen and oxygen atoms in total. The van der Waals surface area contributed by atoms with Gasteiger partial charge < -0.3 is 15.1 Å². The number of nitrogens with zero attached hydrogens (tertiary/aromatic N) is 5. The average molecular weight is 409 g/mol. The lowest BCUT2D eigenvalue weighted by atomic mass is 9.93. The van der Waals surface area contributed by atoms with Gasteiger partial charge in [-0.2, -0.15) is 0 Å². The smallest absolute Gasteiger partial charge is 0.228 e. The Balaban J connectivity index is 1.53. The van der Waals surface area contributed by atoms with Gasteiger partial charge in [0.05, 0.1) is 11.6 Å². The van der Waals surface area contributed by atoms with Gasteiger partial charge in [-0.3, -0.25) is 14.6 Å². The Hall–Kier alpha value is -3.03. The SMILES string of the molecule is CCN1C[C@@H](C(=O)N2CCC[C@@H](c3cc(NC)nc(-c4ccncc4)n3)C2)CC1=O. The number of piperidine rings is 1. The number of nitrogens with one attached hydrogen (secondary N) is 1. The van der Waals surface area contributed by atoms with Crippen molar-refractivity contribution in [2.24, 2.45) is 5.92 Å². The van der Waals surface area contributed by atoms with Crippen molar-refractivity contribution >= 4 is 17.6 Å². The summed E-state index contributed by atoms with van der Waals surface area (Å²) in [6.07, 6.45) is 5.70. The lowest BCUT2D eigenvalue weighted by Crippen LogP contribution is -2.43. The first kappa shape index (κ1) is 20.3. The predicted molar refractivity (Wildman–Crippen MR) is 114 cm³/mol. The van der Waals surface area contributed by atoms with E-state index in [-0.39, 0.29) is 23.7 Å². The van der Waals surface area contributed by atoms with E-state index in [1.807, 2.05) is 37.1 Å². The van der Waals surface area contributed by atoms with Gasteiger partial charge in [0.15, 0.2) is 5.82 Å². The zero-order chi connectivity index (χ0) is 21.1. The van der Waals surface area contributed by atoms with Crippen molar-refractivity contribution in [1.29, 1.82) is 0 Å². The number of pyridine rings is 1. The van der Waals surface area contributed by atoms with E-state index >= 15 is 0 Å². The van der Waals surface area contributed by atoms with Gasteiger partial charge in [-0.05, 0) is 31.9 Å². The van der Waals surface area contributed by atoms with Crippen LogP contribution in [0.15, 0.2) is 30.6 Å². The summed E-state index contributed by atoms with van der Waals surface area (Å²) in [6, 6.07) is 5.76. The fraction of sp³-hybridized carbons (Fsp3) is 0.500. The van der Waals surface area contributed by atoms with Gasteiger partial charge in [-0.1, -0.05) is 0 Å². The quantitative estimate of drug-likeness (QED) is 0.815. The van der Waals surface area contributed by atoms with Crippen molar-refractivity contribution in [3.8, 4) is 11.4 Å². The highest BCUT2D eigenvalue weighted by atomic mass is 16.2. The molecule has 2 aliphatic rings. The van der Waals surface area contributed by atoms with Crippen LogP contribution in [0.5, 0.6) is 0 Å². The molecule has 0 bridgehead atoms. The third kappa shape index (κ3) is 4.13. The molecule has 158 valence electrons. The summed E-state index contributed by atoms with van der Waals surface area (Å²) in [6.45, 7) is 4.53. The number of rotatable bonds is 5. The van der Waals surface area contributed by atoms with Crippen molar-refractivity contribution in [1.82, 2.24) is 24.8 Å². The third-order valence-electron chi connectivity index (χ3n) is 6.04. The third-order valence-corrected chi connectivity index (χ3v) is 6.04. The van der Waals surface area contributed by atoms with Crippen molar-refractivity contribution < 1.29 is 9.59 Å². The van der Waals surface area contributed by atoms with Crippen LogP contribution in [0.3, 0.4) is 0 Å². The molecule has 1 N–H and O–H groups in total. The molecule has 2 fully saturated rings. The van der Waals surface area contributed by atoms with Crippen molar-refractivity contribution in [2.75, 3.05) is 38.5 Å². The number of amides is 2. The van der Waals surface area contributed by atoms with Crippen molar-refractivity contribution in [2.45, 2.75) is 32.1 Å². The molecule has 4 heterocycles. The number of carbonyl (C=O) groups is 2. The Morgan fingerprint density at radius 2 is 2.03 bits per heavy atom. The van der Waals surface area contributed by atoms with E-state index in [9.17, 15) is 9.59 Å². The maximum absolute atomic E-state index is 13.1. The largest absolute Gasteiger partial charge is 0.373 e. The Morgan fingerprint density at radius 1 is 1.23 bits per heavy atom. The maximum atomic E-state index is 13.1. The molecule has 2 amide bonds.